The summed E-state index contributed by atoms with van der Waals surface area (Å²) < 4.78 is 2.43. The van der Waals surface area contributed by atoms with Crippen LogP contribution in [0.3, 0.4) is 0 Å². The molecule has 0 saturated heterocycles. The predicted molar refractivity (Wildman–Crippen MR) is 77.0 cm³/mol. The van der Waals surface area contributed by atoms with Crippen molar-refractivity contribution in [1.29, 1.82) is 0 Å². The Morgan fingerprint density at radius 3 is 3.00 bits per heavy atom. The Kier molecular flexibility index (Phi) is 4.31. The SMILES string of the molecule is CNC(=O)CCCn1cnc2cc(Br)ccc2c1=O. The van der Waals surface area contributed by atoms with E-state index in [1.165, 1.54) is 6.33 Å². The van der Waals surface area contributed by atoms with Gasteiger partial charge < -0.3 is 5.32 Å². The highest BCUT2D eigenvalue weighted by Crippen LogP contribution is 2.14. The van der Waals surface area contributed by atoms with Crippen LogP contribution in [0.5, 0.6) is 0 Å². The predicted octanol–water partition coefficient (Wildman–Crippen LogP) is 1.69. The van der Waals surface area contributed by atoms with Crippen LogP contribution in [0.1, 0.15) is 12.8 Å². The van der Waals surface area contributed by atoms with Crippen molar-refractivity contribution in [3.05, 3.63) is 39.4 Å². The zero-order valence-electron chi connectivity index (χ0n) is 10.5. The normalized spacial score (nSPS) is 10.6. The lowest BCUT2D eigenvalue weighted by molar-refractivity contribution is -0.120. The first kappa shape index (κ1) is 13.7. The average molecular weight is 324 g/mol. The Balaban J connectivity index is 2.21. The fourth-order valence-corrected chi connectivity index (χ4v) is 2.17. The monoisotopic (exact) mass is 323 g/mol. The van der Waals surface area contributed by atoms with Gasteiger partial charge >= 0.3 is 0 Å². The molecule has 5 nitrogen and oxygen atoms in total. The Morgan fingerprint density at radius 1 is 1.47 bits per heavy atom. The third-order valence-electron chi connectivity index (χ3n) is 2.87. The van der Waals surface area contributed by atoms with Crippen molar-refractivity contribution in [2.45, 2.75) is 19.4 Å². The third-order valence-corrected chi connectivity index (χ3v) is 3.36. The molecule has 1 amide bonds. The summed E-state index contributed by atoms with van der Waals surface area (Å²) in [5.74, 6) is -0.0225. The molecule has 0 atom stereocenters. The second-order valence-electron chi connectivity index (χ2n) is 4.18. The van der Waals surface area contributed by atoms with Gasteiger partial charge in [0.25, 0.3) is 5.56 Å². The molecule has 0 radical (unpaired) electrons. The van der Waals surface area contributed by atoms with Crippen LogP contribution in [0.25, 0.3) is 10.9 Å². The minimum absolute atomic E-state index is 0.0225. The van der Waals surface area contributed by atoms with E-state index < -0.39 is 0 Å². The Hall–Kier alpha value is -1.69. The number of nitrogens with one attached hydrogen (secondary N) is 1. The van der Waals surface area contributed by atoms with Crippen molar-refractivity contribution in [2.24, 2.45) is 0 Å². The molecule has 19 heavy (non-hydrogen) atoms. The zero-order chi connectivity index (χ0) is 13.8. The van der Waals surface area contributed by atoms with Crippen molar-refractivity contribution >= 4 is 32.7 Å². The van der Waals surface area contributed by atoms with E-state index in [0.29, 0.717) is 30.3 Å². The van der Waals surface area contributed by atoms with Crippen molar-refractivity contribution in [1.82, 2.24) is 14.9 Å². The molecule has 0 bridgehead atoms. The molecule has 0 spiro atoms. The smallest absolute Gasteiger partial charge is 0.261 e. The van der Waals surface area contributed by atoms with Crippen LogP contribution < -0.4 is 10.9 Å². The van der Waals surface area contributed by atoms with Gasteiger partial charge in [-0.1, -0.05) is 15.9 Å². The molecule has 100 valence electrons. The first-order chi connectivity index (χ1) is 9.11. The van der Waals surface area contributed by atoms with Gasteiger partial charge in [-0.25, -0.2) is 4.98 Å². The molecule has 2 rings (SSSR count). The molecular weight excluding hydrogens is 310 g/mol. The lowest BCUT2D eigenvalue weighted by atomic mass is 10.2. The van der Waals surface area contributed by atoms with E-state index in [0.717, 1.165) is 4.47 Å². The third kappa shape index (κ3) is 3.20. The standard InChI is InChI=1S/C13H14BrN3O2/c1-15-12(18)3-2-6-17-8-16-11-7-9(14)4-5-10(11)13(17)19/h4-5,7-8H,2-3,6H2,1H3,(H,15,18). The number of rotatable bonds is 4. The van der Waals surface area contributed by atoms with E-state index >= 15 is 0 Å². The fourth-order valence-electron chi connectivity index (χ4n) is 1.83. The summed E-state index contributed by atoms with van der Waals surface area (Å²) in [6, 6.07) is 5.38. The van der Waals surface area contributed by atoms with E-state index in [1.807, 2.05) is 12.1 Å². The maximum atomic E-state index is 12.2. The number of carbonyl (C=O) groups excluding carboxylic acids is 1. The first-order valence-electron chi connectivity index (χ1n) is 5.97. The molecule has 0 fully saturated rings. The van der Waals surface area contributed by atoms with Crippen LogP contribution >= 0.6 is 15.9 Å². The number of nitrogens with zero attached hydrogens (tertiary/aromatic N) is 2. The summed E-state index contributed by atoms with van der Waals surface area (Å²) in [5, 5.41) is 3.14. The van der Waals surface area contributed by atoms with Gasteiger partial charge in [-0.15, -0.1) is 0 Å². The van der Waals surface area contributed by atoms with Gasteiger partial charge in [-0.2, -0.15) is 0 Å². The number of aromatic nitrogens is 2. The molecule has 2 aromatic rings. The summed E-state index contributed by atoms with van der Waals surface area (Å²) in [4.78, 5) is 27.6. The largest absolute Gasteiger partial charge is 0.359 e. The molecule has 1 heterocycles. The van der Waals surface area contributed by atoms with E-state index in [9.17, 15) is 9.59 Å². The maximum absolute atomic E-state index is 12.2. The molecule has 0 aliphatic rings. The lowest BCUT2D eigenvalue weighted by Gasteiger charge is -2.06. The quantitative estimate of drug-likeness (QED) is 0.931. The number of amides is 1. The molecule has 0 unspecified atom stereocenters. The molecule has 6 heteroatoms. The number of carbonyl (C=O) groups is 1. The van der Waals surface area contributed by atoms with Crippen LogP contribution in [0.2, 0.25) is 0 Å². The second kappa shape index (κ2) is 5.97. The molecule has 0 saturated carbocycles. The van der Waals surface area contributed by atoms with Crippen molar-refractivity contribution in [3.63, 3.8) is 0 Å². The summed E-state index contributed by atoms with van der Waals surface area (Å²) in [5.41, 5.74) is 0.594. The topological polar surface area (TPSA) is 64.0 Å². The Bertz CT molecular complexity index is 666. The molecule has 0 aliphatic carbocycles. The van der Waals surface area contributed by atoms with Gasteiger partial charge in [-0.05, 0) is 24.6 Å². The van der Waals surface area contributed by atoms with Crippen LogP contribution in [0.15, 0.2) is 33.8 Å². The summed E-state index contributed by atoms with van der Waals surface area (Å²) in [7, 11) is 1.60. The minimum Gasteiger partial charge on any atom is -0.359 e. The number of aryl methyl sites for hydroxylation is 1. The highest BCUT2D eigenvalue weighted by atomic mass is 79.9. The summed E-state index contributed by atoms with van der Waals surface area (Å²) in [6.07, 6.45) is 2.55. The number of fused-ring (bicyclic) bond motifs is 1. The number of halogens is 1. The van der Waals surface area contributed by atoms with Gasteiger partial charge in [0.05, 0.1) is 17.2 Å². The summed E-state index contributed by atoms with van der Waals surface area (Å²) in [6.45, 7) is 0.491. The first-order valence-corrected chi connectivity index (χ1v) is 6.76. The molecule has 1 aromatic heterocycles. The van der Waals surface area contributed by atoms with Crippen molar-refractivity contribution < 1.29 is 4.79 Å². The zero-order valence-corrected chi connectivity index (χ0v) is 12.1. The minimum atomic E-state index is -0.0746. The number of hydrogen-bond donors (Lipinski definition) is 1. The van der Waals surface area contributed by atoms with Crippen LogP contribution in [-0.2, 0) is 11.3 Å². The molecule has 1 N–H and O–H groups in total. The Morgan fingerprint density at radius 2 is 2.26 bits per heavy atom. The molecular formula is C13H14BrN3O2. The van der Waals surface area contributed by atoms with Crippen LogP contribution in [0.4, 0.5) is 0 Å². The number of hydrogen-bond acceptors (Lipinski definition) is 3. The van der Waals surface area contributed by atoms with E-state index in [2.05, 4.69) is 26.2 Å². The lowest BCUT2D eigenvalue weighted by Crippen LogP contribution is -2.22. The summed E-state index contributed by atoms with van der Waals surface area (Å²) >= 11 is 3.35. The van der Waals surface area contributed by atoms with Gasteiger partial charge in [0.15, 0.2) is 0 Å². The molecule has 1 aromatic carbocycles. The highest BCUT2D eigenvalue weighted by Gasteiger charge is 2.05. The fraction of sp³-hybridized carbons (Fsp3) is 0.308. The number of benzene rings is 1. The average Bonchev–Trinajstić information content (AvgIpc) is 2.41. The van der Waals surface area contributed by atoms with Crippen LogP contribution in [-0.4, -0.2) is 22.5 Å². The van der Waals surface area contributed by atoms with Crippen molar-refractivity contribution in [2.75, 3.05) is 7.05 Å². The van der Waals surface area contributed by atoms with E-state index in [1.54, 1.807) is 17.7 Å². The Labute approximate surface area is 118 Å². The van der Waals surface area contributed by atoms with Gasteiger partial charge in [0.2, 0.25) is 5.91 Å². The van der Waals surface area contributed by atoms with Gasteiger partial charge in [-0.3, -0.25) is 14.2 Å². The van der Waals surface area contributed by atoms with Gasteiger partial charge in [0, 0.05) is 24.5 Å². The molecule has 0 aliphatic heterocycles. The highest BCUT2D eigenvalue weighted by molar-refractivity contribution is 9.10. The van der Waals surface area contributed by atoms with E-state index in [-0.39, 0.29) is 11.5 Å². The van der Waals surface area contributed by atoms with Crippen molar-refractivity contribution in [3.8, 4) is 0 Å². The maximum Gasteiger partial charge on any atom is 0.261 e. The second-order valence-corrected chi connectivity index (χ2v) is 5.10. The van der Waals surface area contributed by atoms with Crippen LogP contribution in [0, 0.1) is 0 Å². The van der Waals surface area contributed by atoms with Gasteiger partial charge in [0.1, 0.15) is 0 Å². The van der Waals surface area contributed by atoms with E-state index in [4.69, 9.17) is 0 Å².